The molecule has 0 saturated carbocycles. The van der Waals surface area contributed by atoms with Crippen LogP contribution in [-0.4, -0.2) is 4.57 Å². The summed E-state index contributed by atoms with van der Waals surface area (Å²) in [7, 11) is 0. The largest absolute Gasteiger partial charge is 0.455 e. The minimum absolute atomic E-state index is 0.899. The smallest absolute Gasteiger partial charge is 0.143 e. The Morgan fingerprint density at radius 3 is 1.78 bits per heavy atom. The summed E-state index contributed by atoms with van der Waals surface area (Å²) < 4.78 is 9.26. The lowest BCUT2D eigenvalue weighted by Crippen LogP contribution is -2.10. The van der Waals surface area contributed by atoms with E-state index in [1.807, 2.05) is 0 Å². The molecule has 0 saturated heterocycles. The first-order valence-electron chi connectivity index (χ1n) is 20.2. The predicted molar refractivity (Wildman–Crippen MR) is 249 cm³/mol. The lowest BCUT2D eigenvalue weighted by Gasteiger charge is -2.26. The Morgan fingerprint density at radius 2 is 0.966 bits per heavy atom. The van der Waals surface area contributed by atoms with Gasteiger partial charge < -0.3 is 13.9 Å². The Bertz CT molecular complexity index is 3540. The van der Waals surface area contributed by atoms with Crippen LogP contribution in [0, 0.1) is 0 Å². The molecule has 2 aromatic heterocycles. The number of furan rings is 1. The van der Waals surface area contributed by atoms with Crippen LogP contribution >= 0.6 is 0 Å². The van der Waals surface area contributed by atoms with Crippen LogP contribution in [0.4, 0.5) is 17.1 Å². The molecule has 0 fully saturated rings. The molecular formula is C56H36N2O. The summed E-state index contributed by atoms with van der Waals surface area (Å²) in [5, 5.41) is 9.53. The van der Waals surface area contributed by atoms with E-state index in [1.165, 1.54) is 54.5 Å². The molecule has 12 rings (SSSR count). The molecule has 0 aliphatic rings. The molecule has 10 aromatic carbocycles. The van der Waals surface area contributed by atoms with Crippen LogP contribution in [0.15, 0.2) is 223 Å². The van der Waals surface area contributed by atoms with Crippen molar-refractivity contribution >= 4 is 82.4 Å². The van der Waals surface area contributed by atoms with Crippen LogP contribution in [0.2, 0.25) is 0 Å². The van der Waals surface area contributed by atoms with Crippen LogP contribution < -0.4 is 4.90 Å². The van der Waals surface area contributed by atoms with Crippen LogP contribution in [0.5, 0.6) is 0 Å². The molecule has 0 spiro atoms. The first kappa shape index (κ1) is 33.3. The van der Waals surface area contributed by atoms with Gasteiger partial charge in [0.25, 0.3) is 0 Å². The monoisotopic (exact) mass is 752 g/mol. The first-order chi connectivity index (χ1) is 29.3. The average molecular weight is 753 g/mol. The van der Waals surface area contributed by atoms with Crippen LogP contribution in [-0.2, 0) is 0 Å². The van der Waals surface area contributed by atoms with Crippen molar-refractivity contribution < 1.29 is 4.42 Å². The van der Waals surface area contributed by atoms with Crippen molar-refractivity contribution in [2.45, 2.75) is 0 Å². The molecule has 0 bridgehead atoms. The quantitative estimate of drug-likeness (QED) is 0.169. The Labute approximate surface area is 341 Å². The molecule has 3 nitrogen and oxygen atoms in total. The number of anilines is 3. The molecular weight excluding hydrogens is 717 g/mol. The van der Waals surface area contributed by atoms with Crippen LogP contribution in [0.25, 0.3) is 93.2 Å². The highest BCUT2D eigenvalue weighted by atomic mass is 16.3. The lowest BCUT2D eigenvalue weighted by atomic mass is 9.94. The number of hydrogen-bond donors (Lipinski definition) is 0. The number of benzene rings is 10. The molecule has 59 heavy (non-hydrogen) atoms. The summed E-state index contributed by atoms with van der Waals surface area (Å²) in [6, 6.07) is 78.6. The second-order valence-corrected chi connectivity index (χ2v) is 15.3. The first-order valence-corrected chi connectivity index (χ1v) is 20.2. The van der Waals surface area contributed by atoms with Crippen molar-refractivity contribution in [2.75, 3.05) is 4.90 Å². The van der Waals surface area contributed by atoms with E-state index in [1.54, 1.807) is 0 Å². The van der Waals surface area contributed by atoms with Gasteiger partial charge in [0.2, 0.25) is 0 Å². The Kier molecular flexibility index (Phi) is 7.54. The van der Waals surface area contributed by atoms with Gasteiger partial charge in [0.1, 0.15) is 11.2 Å². The second kappa shape index (κ2) is 13.4. The summed E-state index contributed by atoms with van der Waals surface area (Å²) in [5.41, 5.74) is 13.1. The molecule has 0 aliphatic carbocycles. The van der Waals surface area contributed by atoms with Crippen molar-refractivity contribution in [1.29, 1.82) is 0 Å². The Balaban J connectivity index is 1.08. The fourth-order valence-corrected chi connectivity index (χ4v) is 9.25. The third-order valence-electron chi connectivity index (χ3n) is 11.9. The maximum atomic E-state index is 6.89. The van der Waals surface area contributed by atoms with Gasteiger partial charge in [-0.15, -0.1) is 0 Å². The third kappa shape index (κ3) is 5.36. The SMILES string of the molecule is c1ccc(-c2ccc(N(c3cccc(-c4cc5ccccc5c5c4oc4ccc6ccccc6c45)c3)c3ccc4c(c3)c3ccccc3n4-c3ccccc3)cc2)cc1. The van der Waals surface area contributed by atoms with E-state index in [0.29, 0.717) is 0 Å². The zero-order valence-corrected chi connectivity index (χ0v) is 32.1. The highest BCUT2D eigenvalue weighted by Crippen LogP contribution is 2.46. The molecule has 12 aromatic rings. The van der Waals surface area contributed by atoms with Crippen molar-refractivity contribution in [3.63, 3.8) is 0 Å². The fraction of sp³-hybridized carbons (Fsp3) is 0. The number of rotatable bonds is 6. The van der Waals surface area contributed by atoms with Gasteiger partial charge in [0.15, 0.2) is 0 Å². The second-order valence-electron chi connectivity index (χ2n) is 15.3. The van der Waals surface area contributed by atoms with E-state index < -0.39 is 0 Å². The summed E-state index contributed by atoms with van der Waals surface area (Å²) >= 11 is 0. The van der Waals surface area contributed by atoms with Crippen LogP contribution in [0.3, 0.4) is 0 Å². The standard InChI is InChI=1S/C56H36N2O/c1-3-14-37(15-4-1)38-26-29-43(30-27-38)57(45-31-32-52-50(36-45)48-24-11-12-25-51(48)58(52)42-19-5-2-6-20-42)44-21-13-18-40(34-44)49-35-41-17-8-10-23-47(41)55-54-46-22-9-7-16-39(46)28-33-53(54)59-56(49)55/h1-36H. The Hall–Kier alpha value is -7.88. The predicted octanol–water partition coefficient (Wildman–Crippen LogP) is 15.8. The molecule has 0 radical (unpaired) electrons. The molecule has 0 unspecified atom stereocenters. The topological polar surface area (TPSA) is 21.3 Å². The van der Waals surface area contributed by atoms with Gasteiger partial charge in [-0.25, -0.2) is 0 Å². The number of hydrogen-bond acceptors (Lipinski definition) is 2. The average Bonchev–Trinajstić information content (AvgIpc) is 3.87. The van der Waals surface area contributed by atoms with Crippen molar-refractivity contribution in [3.05, 3.63) is 218 Å². The number of para-hydroxylation sites is 2. The van der Waals surface area contributed by atoms with Gasteiger partial charge in [-0.05, 0) is 111 Å². The molecule has 0 atom stereocenters. The number of nitrogens with zero attached hydrogens (tertiary/aromatic N) is 2. The zero-order chi connectivity index (χ0) is 38.9. The third-order valence-corrected chi connectivity index (χ3v) is 11.9. The summed E-state index contributed by atoms with van der Waals surface area (Å²) in [6.07, 6.45) is 0. The van der Waals surface area contributed by atoms with Gasteiger partial charge in [-0.1, -0.05) is 146 Å². The molecule has 0 aliphatic heterocycles. The lowest BCUT2D eigenvalue weighted by molar-refractivity contribution is 0.670. The van der Waals surface area contributed by atoms with E-state index in [-0.39, 0.29) is 0 Å². The molecule has 0 N–H and O–H groups in total. The van der Waals surface area contributed by atoms with E-state index in [2.05, 4.69) is 228 Å². The zero-order valence-electron chi connectivity index (χ0n) is 32.1. The van der Waals surface area contributed by atoms with Gasteiger partial charge in [0.05, 0.1) is 11.0 Å². The Morgan fingerprint density at radius 1 is 0.356 bits per heavy atom. The minimum atomic E-state index is 0.899. The number of aromatic nitrogens is 1. The van der Waals surface area contributed by atoms with E-state index in [4.69, 9.17) is 4.42 Å². The van der Waals surface area contributed by atoms with Crippen LogP contribution in [0.1, 0.15) is 0 Å². The highest BCUT2D eigenvalue weighted by molar-refractivity contribution is 6.28. The van der Waals surface area contributed by atoms with Gasteiger partial charge in [-0.3, -0.25) is 0 Å². The van der Waals surface area contributed by atoms with Gasteiger partial charge in [0, 0.05) is 49.9 Å². The van der Waals surface area contributed by atoms with E-state index in [0.717, 1.165) is 55.8 Å². The maximum absolute atomic E-state index is 6.89. The summed E-state index contributed by atoms with van der Waals surface area (Å²) in [4.78, 5) is 2.39. The van der Waals surface area contributed by atoms with Gasteiger partial charge in [-0.2, -0.15) is 0 Å². The normalized spacial score (nSPS) is 11.7. The van der Waals surface area contributed by atoms with Crippen molar-refractivity contribution in [1.82, 2.24) is 4.57 Å². The summed E-state index contributed by atoms with van der Waals surface area (Å²) in [5.74, 6) is 0. The molecule has 2 heterocycles. The fourth-order valence-electron chi connectivity index (χ4n) is 9.25. The van der Waals surface area contributed by atoms with E-state index in [9.17, 15) is 0 Å². The van der Waals surface area contributed by atoms with E-state index >= 15 is 0 Å². The number of fused-ring (bicyclic) bond motifs is 10. The van der Waals surface area contributed by atoms with Crippen molar-refractivity contribution in [3.8, 4) is 27.9 Å². The van der Waals surface area contributed by atoms with Gasteiger partial charge >= 0.3 is 0 Å². The summed E-state index contributed by atoms with van der Waals surface area (Å²) in [6.45, 7) is 0. The molecule has 3 heteroatoms. The highest BCUT2D eigenvalue weighted by Gasteiger charge is 2.21. The van der Waals surface area contributed by atoms with Crippen molar-refractivity contribution in [2.24, 2.45) is 0 Å². The molecule has 0 amide bonds. The molecule has 276 valence electrons. The minimum Gasteiger partial charge on any atom is -0.455 e. The maximum Gasteiger partial charge on any atom is 0.143 e.